The number of ether oxygens (including phenoxy) is 2. The van der Waals surface area contributed by atoms with Gasteiger partial charge in [-0.05, 0) is 5.56 Å². The van der Waals surface area contributed by atoms with E-state index in [9.17, 15) is 14.3 Å². The minimum Gasteiger partial charge on any atom is -0.434 e. The van der Waals surface area contributed by atoms with Gasteiger partial charge in [-0.25, -0.2) is 9.36 Å². The normalized spacial score (nSPS) is 13.4. The number of hydrogen-bond acceptors (Lipinski definition) is 6. The van der Waals surface area contributed by atoms with Crippen molar-refractivity contribution < 1.29 is 32.8 Å². The molecule has 1 N–H and O–H groups in total. The van der Waals surface area contributed by atoms with Crippen molar-refractivity contribution in [3.05, 3.63) is 35.9 Å². The first kappa shape index (κ1) is 17.9. The van der Waals surface area contributed by atoms with Gasteiger partial charge in [-0.1, -0.05) is 41.9 Å². The van der Waals surface area contributed by atoms with Crippen LogP contribution in [0.25, 0.3) is 0 Å². The maximum absolute atomic E-state index is 11.5. The van der Waals surface area contributed by atoms with E-state index in [2.05, 4.69) is 9.47 Å². The molecule has 0 spiro atoms. The fraction of sp³-hybridized carbons (Fsp3) is 0.417. The Bertz CT molecular complexity index is 468. The number of carbonyl (C=O) groups is 1. The highest BCUT2D eigenvalue weighted by atomic mass is 35.5. The molecule has 0 radical (unpaired) electrons. The van der Waals surface area contributed by atoms with Gasteiger partial charge in [-0.2, -0.15) is 0 Å². The van der Waals surface area contributed by atoms with Gasteiger partial charge in [0.05, 0.1) is 19.8 Å². The molecule has 1 unspecified atom stereocenters. The van der Waals surface area contributed by atoms with Crippen LogP contribution < -0.4 is 0 Å². The Kier molecular flexibility index (Phi) is 8.34. The Balaban J connectivity index is 2.15. The van der Waals surface area contributed by atoms with Crippen LogP contribution in [-0.2, 0) is 29.7 Å². The van der Waals surface area contributed by atoms with Crippen LogP contribution in [0.4, 0.5) is 4.79 Å². The molecule has 0 aliphatic rings. The zero-order chi connectivity index (χ0) is 15.6. The van der Waals surface area contributed by atoms with Crippen LogP contribution in [0.5, 0.6) is 0 Å². The monoisotopic (exact) mass is 338 g/mol. The number of phosphoric ester groups is 1. The van der Waals surface area contributed by atoms with Crippen LogP contribution in [0, 0.1) is 0 Å². The molecule has 0 saturated carbocycles. The molecule has 0 aromatic heterocycles. The van der Waals surface area contributed by atoms with Crippen molar-refractivity contribution in [1.82, 2.24) is 0 Å². The Labute approximate surface area is 127 Å². The van der Waals surface area contributed by atoms with Gasteiger partial charge in [0.15, 0.2) is 6.07 Å². The van der Waals surface area contributed by atoms with Gasteiger partial charge in [0.25, 0.3) is 0 Å². The minimum atomic E-state index is -4.13. The highest BCUT2D eigenvalue weighted by Crippen LogP contribution is 2.44. The highest BCUT2D eigenvalue weighted by Gasteiger charge is 2.20. The quantitative estimate of drug-likeness (QED) is 0.320. The first-order valence-corrected chi connectivity index (χ1v) is 8.08. The Morgan fingerprint density at radius 2 is 1.86 bits per heavy atom. The molecule has 1 rings (SSSR count). The van der Waals surface area contributed by atoms with Crippen molar-refractivity contribution >= 4 is 25.6 Å². The standard InChI is InChI=1S/C12H16ClO7P/c13-10-18-12(14)17-7-4-8-19-21(15,16)20-9-11-5-2-1-3-6-11/h1-3,5-6H,4,7-10H2,(H,15,16). The molecule has 0 bridgehead atoms. The summed E-state index contributed by atoms with van der Waals surface area (Å²) in [6.07, 6.45) is -0.686. The summed E-state index contributed by atoms with van der Waals surface area (Å²) in [5.41, 5.74) is 0.752. The van der Waals surface area contributed by atoms with Crippen molar-refractivity contribution in [1.29, 1.82) is 0 Å². The predicted octanol–water partition coefficient (Wildman–Crippen LogP) is 3.06. The van der Waals surface area contributed by atoms with E-state index in [1.54, 1.807) is 24.3 Å². The van der Waals surface area contributed by atoms with E-state index in [0.29, 0.717) is 0 Å². The number of phosphoric acid groups is 1. The molecule has 21 heavy (non-hydrogen) atoms. The molecule has 0 saturated heterocycles. The van der Waals surface area contributed by atoms with E-state index in [4.69, 9.17) is 20.6 Å². The van der Waals surface area contributed by atoms with Gasteiger partial charge in [-0.3, -0.25) is 9.05 Å². The number of benzene rings is 1. The second-order valence-corrected chi connectivity index (χ2v) is 5.44. The van der Waals surface area contributed by atoms with Gasteiger partial charge in [0.2, 0.25) is 0 Å². The summed E-state index contributed by atoms with van der Waals surface area (Å²) in [7, 11) is -4.13. The number of hydrogen-bond donors (Lipinski definition) is 1. The van der Waals surface area contributed by atoms with E-state index in [1.165, 1.54) is 0 Å². The Morgan fingerprint density at radius 1 is 1.14 bits per heavy atom. The van der Waals surface area contributed by atoms with Crippen LogP contribution in [0.2, 0.25) is 0 Å². The van der Waals surface area contributed by atoms with E-state index in [-0.39, 0.29) is 32.3 Å². The van der Waals surface area contributed by atoms with Crippen LogP contribution in [0.15, 0.2) is 30.3 Å². The van der Waals surface area contributed by atoms with Crippen molar-refractivity contribution in [2.45, 2.75) is 13.0 Å². The summed E-state index contributed by atoms with van der Waals surface area (Å²) in [6.45, 7) is -0.154. The van der Waals surface area contributed by atoms with Gasteiger partial charge >= 0.3 is 14.0 Å². The lowest BCUT2D eigenvalue weighted by Gasteiger charge is -2.12. The van der Waals surface area contributed by atoms with Gasteiger partial charge < -0.3 is 14.4 Å². The predicted molar refractivity (Wildman–Crippen MR) is 74.8 cm³/mol. The molecule has 118 valence electrons. The maximum atomic E-state index is 11.5. The second kappa shape index (κ2) is 9.76. The lowest BCUT2D eigenvalue weighted by molar-refractivity contribution is 0.0616. The zero-order valence-corrected chi connectivity index (χ0v) is 12.8. The van der Waals surface area contributed by atoms with Crippen molar-refractivity contribution in [3.63, 3.8) is 0 Å². The average Bonchev–Trinajstić information content (AvgIpc) is 2.46. The molecule has 0 aliphatic heterocycles. The molecule has 1 atom stereocenters. The van der Waals surface area contributed by atoms with Crippen LogP contribution in [0.3, 0.4) is 0 Å². The van der Waals surface area contributed by atoms with Crippen molar-refractivity contribution in [2.24, 2.45) is 0 Å². The molecule has 7 nitrogen and oxygen atoms in total. The van der Waals surface area contributed by atoms with E-state index in [0.717, 1.165) is 5.56 Å². The van der Waals surface area contributed by atoms with E-state index >= 15 is 0 Å². The summed E-state index contributed by atoms with van der Waals surface area (Å²) in [4.78, 5) is 20.2. The number of rotatable bonds is 9. The lowest BCUT2D eigenvalue weighted by Crippen LogP contribution is -2.09. The third kappa shape index (κ3) is 8.70. The van der Waals surface area contributed by atoms with Crippen molar-refractivity contribution in [2.75, 3.05) is 19.3 Å². The zero-order valence-electron chi connectivity index (χ0n) is 11.1. The smallest absolute Gasteiger partial charge is 0.434 e. The van der Waals surface area contributed by atoms with Gasteiger partial charge in [0, 0.05) is 6.42 Å². The third-order valence-electron chi connectivity index (χ3n) is 2.17. The van der Waals surface area contributed by atoms with Gasteiger partial charge in [0.1, 0.15) is 0 Å². The first-order chi connectivity index (χ1) is 10.0. The molecule has 0 fully saturated rings. The summed E-state index contributed by atoms with van der Waals surface area (Å²) >= 11 is 5.15. The highest BCUT2D eigenvalue weighted by molar-refractivity contribution is 7.47. The van der Waals surface area contributed by atoms with Crippen LogP contribution in [-0.4, -0.2) is 30.3 Å². The average molecular weight is 339 g/mol. The number of alkyl halides is 1. The summed E-state index contributed by atoms with van der Waals surface area (Å²) in [5, 5.41) is 0. The Morgan fingerprint density at radius 3 is 2.52 bits per heavy atom. The maximum Gasteiger partial charge on any atom is 0.509 e. The fourth-order valence-corrected chi connectivity index (χ4v) is 2.08. The summed E-state index contributed by atoms with van der Waals surface area (Å²) in [5.74, 6) is 0. The van der Waals surface area contributed by atoms with Gasteiger partial charge in [-0.15, -0.1) is 0 Å². The third-order valence-corrected chi connectivity index (χ3v) is 3.25. The largest absolute Gasteiger partial charge is 0.509 e. The molecular weight excluding hydrogens is 323 g/mol. The number of halogens is 1. The molecule has 0 heterocycles. The topological polar surface area (TPSA) is 91.3 Å². The molecule has 1 aromatic rings. The van der Waals surface area contributed by atoms with Crippen molar-refractivity contribution in [3.8, 4) is 0 Å². The van der Waals surface area contributed by atoms with E-state index in [1.807, 2.05) is 6.07 Å². The molecule has 0 amide bonds. The van der Waals surface area contributed by atoms with E-state index < -0.39 is 14.0 Å². The fourth-order valence-electron chi connectivity index (χ4n) is 1.25. The molecule has 9 heteroatoms. The molecular formula is C12H16ClO7P. The van der Waals surface area contributed by atoms with Crippen LogP contribution in [0.1, 0.15) is 12.0 Å². The minimum absolute atomic E-state index is 0.0194. The summed E-state index contributed by atoms with van der Waals surface area (Å²) in [6, 6.07) is 8.63. The lowest BCUT2D eigenvalue weighted by atomic mass is 10.2. The summed E-state index contributed by atoms with van der Waals surface area (Å²) < 4.78 is 30.0. The van der Waals surface area contributed by atoms with Crippen LogP contribution >= 0.6 is 19.4 Å². The molecule has 0 aliphatic carbocycles. The SMILES string of the molecule is O=C(OCCl)OCCCOP(=O)(O)OCc1ccccc1. The Hall–Kier alpha value is -1.11. The first-order valence-electron chi connectivity index (χ1n) is 6.05. The number of carbonyl (C=O) groups excluding carboxylic acids is 1. The second-order valence-electron chi connectivity index (χ2n) is 3.77. The molecule has 1 aromatic carbocycles.